The highest BCUT2D eigenvalue weighted by Gasteiger charge is 2.19. The summed E-state index contributed by atoms with van der Waals surface area (Å²) in [4.78, 5) is 16.7. The second kappa shape index (κ2) is 5.07. The van der Waals surface area contributed by atoms with Crippen molar-refractivity contribution in [1.82, 2.24) is 19.7 Å². The van der Waals surface area contributed by atoms with E-state index >= 15 is 0 Å². The second-order valence-corrected chi connectivity index (χ2v) is 4.14. The van der Waals surface area contributed by atoms with E-state index < -0.39 is 12.0 Å². The quantitative estimate of drug-likeness (QED) is 0.802. The summed E-state index contributed by atoms with van der Waals surface area (Å²) in [5, 5.41) is 13.0. The Morgan fingerprint density at radius 2 is 2.19 bits per heavy atom. The number of aromatic nitrogens is 3. The van der Waals surface area contributed by atoms with Gasteiger partial charge in [-0.05, 0) is 27.8 Å². The fourth-order valence-corrected chi connectivity index (χ4v) is 1.37. The number of hydrogen-bond acceptors (Lipinski definition) is 4. The second-order valence-electron chi connectivity index (χ2n) is 4.14. The molecule has 0 saturated carbocycles. The SMILES string of the molecule is CC(C(=O)O)N(C)Cc1ncnn1C(C)C. The first-order chi connectivity index (χ1) is 7.43. The van der Waals surface area contributed by atoms with E-state index in [0.29, 0.717) is 6.54 Å². The van der Waals surface area contributed by atoms with E-state index in [9.17, 15) is 4.79 Å². The summed E-state index contributed by atoms with van der Waals surface area (Å²) in [5.41, 5.74) is 0. The Hall–Kier alpha value is -1.43. The zero-order chi connectivity index (χ0) is 12.3. The van der Waals surface area contributed by atoms with E-state index in [-0.39, 0.29) is 6.04 Å². The first-order valence-corrected chi connectivity index (χ1v) is 5.25. The highest BCUT2D eigenvalue weighted by Crippen LogP contribution is 2.08. The summed E-state index contributed by atoms with van der Waals surface area (Å²) in [6, 6.07) is -0.302. The van der Waals surface area contributed by atoms with E-state index in [1.807, 2.05) is 13.8 Å². The van der Waals surface area contributed by atoms with E-state index in [4.69, 9.17) is 5.11 Å². The minimum Gasteiger partial charge on any atom is -0.480 e. The van der Waals surface area contributed by atoms with Crippen molar-refractivity contribution in [2.75, 3.05) is 7.05 Å². The molecule has 16 heavy (non-hydrogen) atoms. The number of hydrogen-bond donors (Lipinski definition) is 1. The predicted molar refractivity (Wildman–Crippen MR) is 59.0 cm³/mol. The molecule has 0 aromatic carbocycles. The molecule has 0 radical (unpaired) electrons. The van der Waals surface area contributed by atoms with E-state index in [0.717, 1.165) is 5.82 Å². The molecule has 6 nitrogen and oxygen atoms in total. The van der Waals surface area contributed by atoms with Gasteiger partial charge in [0, 0.05) is 6.04 Å². The molecule has 0 fully saturated rings. The highest BCUT2D eigenvalue weighted by atomic mass is 16.4. The van der Waals surface area contributed by atoms with E-state index in [2.05, 4.69) is 10.1 Å². The number of aliphatic carboxylic acids is 1. The lowest BCUT2D eigenvalue weighted by molar-refractivity contribution is -0.142. The van der Waals surface area contributed by atoms with Gasteiger partial charge in [0.05, 0.1) is 6.54 Å². The molecule has 0 saturated heterocycles. The maximum Gasteiger partial charge on any atom is 0.320 e. The third-order valence-corrected chi connectivity index (χ3v) is 2.55. The summed E-state index contributed by atoms with van der Waals surface area (Å²) < 4.78 is 1.80. The van der Waals surface area contributed by atoms with Crippen LogP contribution in [0.5, 0.6) is 0 Å². The summed E-state index contributed by atoms with van der Waals surface area (Å²) in [6.07, 6.45) is 1.49. The van der Waals surface area contributed by atoms with Crippen LogP contribution in [0.1, 0.15) is 32.6 Å². The fourth-order valence-electron chi connectivity index (χ4n) is 1.37. The van der Waals surface area contributed by atoms with Gasteiger partial charge in [0.2, 0.25) is 0 Å². The first-order valence-electron chi connectivity index (χ1n) is 5.25. The van der Waals surface area contributed by atoms with Crippen LogP contribution in [0, 0.1) is 0 Å². The molecule has 0 aliphatic heterocycles. The molecular weight excluding hydrogens is 208 g/mol. The molecule has 1 heterocycles. The summed E-state index contributed by atoms with van der Waals surface area (Å²) >= 11 is 0. The standard InChI is InChI=1S/C10H18N4O2/c1-7(2)14-9(11-6-12-14)5-13(4)8(3)10(15)16/h6-8H,5H2,1-4H3,(H,15,16). The Labute approximate surface area is 94.9 Å². The lowest BCUT2D eigenvalue weighted by atomic mass is 10.3. The maximum atomic E-state index is 10.8. The minimum atomic E-state index is -0.835. The van der Waals surface area contributed by atoms with Crippen molar-refractivity contribution in [2.45, 2.75) is 39.4 Å². The zero-order valence-electron chi connectivity index (χ0n) is 10.1. The molecule has 0 spiro atoms. The molecule has 1 unspecified atom stereocenters. The monoisotopic (exact) mass is 226 g/mol. The predicted octanol–water partition coefficient (Wildman–Crippen LogP) is 0.764. The van der Waals surface area contributed by atoms with Gasteiger partial charge < -0.3 is 5.11 Å². The third kappa shape index (κ3) is 2.79. The van der Waals surface area contributed by atoms with Crippen molar-refractivity contribution in [3.8, 4) is 0 Å². The molecule has 0 aliphatic rings. The van der Waals surface area contributed by atoms with Crippen LogP contribution in [0.15, 0.2) is 6.33 Å². The Bertz CT molecular complexity index is 361. The number of nitrogens with zero attached hydrogens (tertiary/aromatic N) is 4. The van der Waals surface area contributed by atoms with Crippen molar-refractivity contribution >= 4 is 5.97 Å². The molecule has 90 valence electrons. The van der Waals surface area contributed by atoms with Crippen molar-refractivity contribution in [2.24, 2.45) is 0 Å². The van der Waals surface area contributed by atoms with Crippen molar-refractivity contribution in [3.63, 3.8) is 0 Å². The van der Waals surface area contributed by atoms with Gasteiger partial charge in [0.1, 0.15) is 18.2 Å². The number of carbonyl (C=O) groups is 1. The summed E-state index contributed by atoms with van der Waals surface area (Å²) in [5.74, 6) is -0.0521. The largest absolute Gasteiger partial charge is 0.480 e. The van der Waals surface area contributed by atoms with Gasteiger partial charge in [-0.3, -0.25) is 9.69 Å². The van der Waals surface area contributed by atoms with E-state index in [1.54, 1.807) is 23.6 Å². The minimum absolute atomic E-state index is 0.228. The number of carboxylic acids is 1. The van der Waals surface area contributed by atoms with Crippen LogP contribution in [0.4, 0.5) is 0 Å². The fraction of sp³-hybridized carbons (Fsp3) is 0.700. The molecular formula is C10H18N4O2. The lowest BCUT2D eigenvalue weighted by Crippen LogP contribution is -2.36. The van der Waals surface area contributed by atoms with Crippen LogP contribution in [-0.2, 0) is 11.3 Å². The van der Waals surface area contributed by atoms with E-state index in [1.165, 1.54) is 6.33 Å². The topological polar surface area (TPSA) is 71.2 Å². The Morgan fingerprint density at radius 3 is 2.69 bits per heavy atom. The van der Waals surface area contributed by atoms with Crippen LogP contribution in [0.2, 0.25) is 0 Å². The Balaban J connectivity index is 2.73. The van der Waals surface area contributed by atoms with Crippen LogP contribution in [0.25, 0.3) is 0 Å². The Kier molecular flexibility index (Phi) is 4.00. The average molecular weight is 226 g/mol. The molecule has 0 aliphatic carbocycles. The van der Waals surface area contributed by atoms with Crippen molar-refractivity contribution < 1.29 is 9.90 Å². The van der Waals surface area contributed by atoms with Gasteiger partial charge in [-0.25, -0.2) is 9.67 Å². The zero-order valence-corrected chi connectivity index (χ0v) is 10.1. The molecule has 1 rings (SSSR count). The van der Waals surface area contributed by atoms with Gasteiger partial charge in [-0.1, -0.05) is 0 Å². The summed E-state index contributed by atoms with van der Waals surface area (Å²) in [6.45, 7) is 6.15. The first kappa shape index (κ1) is 12.6. The molecule has 0 bridgehead atoms. The van der Waals surface area contributed by atoms with Gasteiger partial charge in [-0.15, -0.1) is 0 Å². The Morgan fingerprint density at radius 1 is 1.56 bits per heavy atom. The maximum absolute atomic E-state index is 10.8. The lowest BCUT2D eigenvalue weighted by Gasteiger charge is -2.21. The summed E-state index contributed by atoms with van der Waals surface area (Å²) in [7, 11) is 1.76. The normalized spacial score (nSPS) is 13.4. The smallest absolute Gasteiger partial charge is 0.320 e. The number of carboxylic acid groups (broad SMARTS) is 1. The molecule has 1 atom stereocenters. The van der Waals surface area contributed by atoms with Gasteiger partial charge in [0.25, 0.3) is 0 Å². The van der Waals surface area contributed by atoms with Gasteiger partial charge in [0.15, 0.2) is 0 Å². The average Bonchev–Trinajstić information content (AvgIpc) is 2.64. The third-order valence-electron chi connectivity index (χ3n) is 2.55. The van der Waals surface area contributed by atoms with Crippen LogP contribution in [0.3, 0.4) is 0 Å². The van der Waals surface area contributed by atoms with Gasteiger partial charge >= 0.3 is 5.97 Å². The molecule has 1 aromatic heterocycles. The molecule has 6 heteroatoms. The van der Waals surface area contributed by atoms with Crippen LogP contribution in [-0.4, -0.2) is 43.8 Å². The molecule has 1 N–H and O–H groups in total. The van der Waals surface area contributed by atoms with Crippen molar-refractivity contribution in [3.05, 3.63) is 12.2 Å². The molecule has 1 aromatic rings. The highest BCUT2D eigenvalue weighted by molar-refractivity contribution is 5.72. The number of likely N-dealkylation sites (N-methyl/N-ethyl adjacent to an activating group) is 1. The van der Waals surface area contributed by atoms with Gasteiger partial charge in [-0.2, -0.15) is 5.10 Å². The number of rotatable bonds is 5. The molecule has 0 amide bonds. The van der Waals surface area contributed by atoms with Crippen LogP contribution >= 0.6 is 0 Å². The van der Waals surface area contributed by atoms with Crippen LogP contribution < -0.4 is 0 Å². The van der Waals surface area contributed by atoms with Crippen molar-refractivity contribution in [1.29, 1.82) is 0 Å².